The van der Waals surface area contributed by atoms with Crippen molar-refractivity contribution >= 4 is 19.6 Å². The number of ether oxygens (including phenoxy) is 3. The second-order valence-electron chi connectivity index (χ2n) is 10.6. The number of nitrogens with zero attached hydrogens (tertiary/aromatic N) is 1. The molecule has 0 saturated heterocycles. The van der Waals surface area contributed by atoms with E-state index in [0.717, 1.165) is 25.1 Å². The molecule has 0 aliphatic carbocycles. The van der Waals surface area contributed by atoms with Crippen molar-refractivity contribution in [1.82, 2.24) is 19.7 Å². The number of carbonyl (C=O) groups excluding carboxylic acids is 2. The molecule has 15 nitrogen and oxygen atoms in total. The van der Waals surface area contributed by atoms with Gasteiger partial charge in [-0.1, -0.05) is 48.5 Å². The van der Waals surface area contributed by atoms with Crippen molar-refractivity contribution in [3.05, 3.63) is 33.1 Å². The number of esters is 2. The van der Waals surface area contributed by atoms with E-state index in [2.05, 4.69) is 30.9 Å². The Hall–Kier alpha value is -2.39. The van der Waals surface area contributed by atoms with Gasteiger partial charge in [0, 0.05) is 19.4 Å². The highest BCUT2D eigenvalue weighted by Crippen LogP contribution is 2.39. The molecule has 1 rings (SSSR count). The van der Waals surface area contributed by atoms with Crippen molar-refractivity contribution in [3.8, 4) is 0 Å². The van der Waals surface area contributed by atoms with Crippen molar-refractivity contribution in [2.45, 2.75) is 99.6 Å². The van der Waals surface area contributed by atoms with Crippen molar-refractivity contribution in [2.24, 2.45) is 11.8 Å². The van der Waals surface area contributed by atoms with Gasteiger partial charge in [0.15, 0.2) is 5.72 Å². The van der Waals surface area contributed by atoms with Crippen LogP contribution in [0.5, 0.6) is 0 Å². The lowest BCUT2D eigenvalue weighted by molar-refractivity contribution is -0.176. The van der Waals surface area contributed by atoms with E-state index in [4.69, 9.17) is 18.7 Å². The second-order valence-corrected chi connectivity index (χ2v) is 12.5. The van der Waals surface area contributed by atoms with E-state index < -0.39 is 68.0 Å². The lowest BCUT2D eigenvalue weighted by Gasteiger charge is -2.35. The van der Waals surface area contributed by atoms with Gasteiger partial charge in [-0.25, -0.2) is 15.0 Å². The maximum Gasteiger partial charge on any atom is 0.342 e. The second kappa shape index (κ2) is 22.2. The molecule has 1 heterocycles. The van der Waals surface area contributed by atoms with Crippen LogP contribution < -0.4 is 21.4 Å². The molecule has 0 amide bonds. The third-order valence-electron chi connectivity index (χ3n) is 5.29. The van der Waals surface area contributed by atoms with Gasteiger partial charge in [0.1, 0.15) is 24.8 Å². The monoisotopic (exact) mass is 654 g/mol. The minimum Gasteiger partial charge on any atom is -0.465 e. The van der Waals surface area contributed by atoms with E-state index in [1.54, 1.807) is 13.8 Å². The summed E-state index contributed by atoms with van der Waals surface area (Å²) in [6, 6.07) is -0.105. The molecular formula is C28H55N4O11P. The number of aliphatic hydroxyl groups is 2. The zero-order chi connectivity index (χ0) is 34.7. The Kier molecular flexibility index (Phi) is 22.0. The Labute approximate surface area is 260 Å². The number of methoxy groups -OCH3 is 1. The smallest absolute Gasteiger partial charge is 0.342 e. The molecule has 258 valence electrons. The van der Waals surface area contributed by atoms with Crippen LogP contribution in [0, 0.1) is 11.8 Å². The SMILES string of the molecule is CC.CC(C)C.CCOC(=O)CNP(=O)(N[C@@H](CC(C)C)C(=O)OCC)OCC(OC)C(O)C(C)(O)n1ccc(=O)[nH]c1=O. The van der Waals surface area contributed by atoms with Crippen LogP contribution in [-0.2, 0) is 38.6 Å². The standard InChI is InChI=1S/C22H39N4O11P.C4H10.C2H6/c1-7-35-18(28)12-23-38(33,25-15(11-14(3)4)20(30)36-8-2)37-13-16(34-6)19(29)22(5,32)26-10-9-17(27)24-21(26)31;1-4(2)3;1-2/h9-10,14-16,19,29,32H,7-8,11-13H2,1-6H3,(H2,23,25,33)(H,24,27,31);4H,1-3H3;1-2H3/t15-,16?,19?,22?,38?;;/m0../s1. The molecule has 0 bridgehead atoms. The van der Waals surface area contributed by atoms with E-state index in [1.165, 1.54) is 7.11 Å². The molecule has 0 radical (unpaired) electrons. The molecular weight excluding hydrogens is 599 g/mol. The topological polar surface area (TPSA) is 208 Å². The van der Waals surface area contributed by atoms with E-state index in [-0.39, 0.29) is 25.6 Å². The number of aromatic nitrogens is 2. The first kappa shape index (κ1) is 43.7. The average molecular weight is 655 g/mol. The number of H-pyrrole nitrogens is 1. The highest BCUT2D eigenvalue weighted by Gasteiger charge is 2.41. The average Bonchev–Trinajstić information content (AvgIpc) is 2.92. The van der Waals surface area contributed by atoms with Crippen LogP contribution in [0.1, 0.15) is 75.7 Å². The first-order valence-corrected chi connectivity index (χ1v) is 16.4. The molecule has 5 N–H and O–H groups in total. The number of hydrogen-bond acceptors (Lipinski definition) is 11. The Balaban J connectivity index is 0. The molecule has 0 aliphatic heterocycles. The van der Waals surface area contributed by atoms with Gasteiger partial charge in [-0.2, -0.15) is 0 Å². The van der Waals surface area contributed by atoms with Crippen LogP contribution in [0.3, 0.4) is 0 Å². The van der Waals surface area contributed by atoms with Crippen molar-refractivity contribution in [3.63, 3.8) is 0 Å². The first-order chi connectivity index (χ1) is 20.4. The van der Waals surface area contributed by atoms with Gasteiger partial charge in [0.2, 0.25) is 0 Å². The van der Waals surface area contributed by atoms with Gasteiger partial charge in [-0.15, -0.1) is 0 Å². The summed E-state index contributed by atoms with van der Waals surface area (Å²) in [6.07, 6.45) is -2.02. The largest absolute Gasteiger partial charge is 0.465 e. The molecule has 0 aliphatic rings. The molecule has 0 spiro atoms. The number of rotatable bonds is 17. The summed E-state index contributed by atoms with van der Waals surface area (Å²) in [5.41, 5.74) is -4.00. The summed E-state index contributed by atoms with van der Waals surface area (Å²) in [4.78, 5) is 49.9. The first-order valence-electron chi connectivity index (χ1n) is 14.8. The van der Waals surface area contributed by atoms with Gasteiger partial charge in [0.25, 0.3) is 5.56 Å². The third-order valence-corrected chi connectivity index (χ3v) is 7.03. The molecule has 44 heavy (non-hydrogen) atoms. The molecule has 1 aromatic rings. The zero-order valence-electron chi connectivity index (χ0n) is 28.0. The van der Waals surface area contributed by atoms with Gasteiger partial charge in [-0.3, -0.25) is 28.5 Å². The van der Waals surface area contributed by atoms with E-state index in [1.807, 2.05) is 32.7 Å². The molecule has 0 saturated carbocycles. The predicted octanol–water partition coefficient (Wildman–Crippen LogP) is 2.11. The summed E-state index contributed by atoms with van der Waals surface area (Å²) >= 11 is 0. The van der Waals surface area contributed by atoms with Crippen LogP contribution in [-0.4, -0.2) is 83.4 Å². The lowest BCUT2D eigenvalue weighted by atomic mass is 10.0. The van der Waals surface area contributed by atoms with Crippen molar-refractivity contribution in [1.29, 1.82) is 0 Å². The van der Waals surface area contributed by atoms with E-state index in [0.29, 0.717) is 4.57 Å². The number of aliphatic hydroxyl groups excluding tert-OH is 1. The third kappa shape index (κ3) is 16.6. The van der Waals surface area contributed by atoms with E-state index in [9.17, 15) is 34.0 Å². The van der Waals surface area contributed by atoms with Gasteiger partial charge in [0.05, 0.1) is 19.8 Å². The Bertz CT molecular complexity index is 1120. The fourth-order valence-electron chi connectivity index (χ4n) is 3.37. The van der Waals surface area contributed by atoms with Crippen LogP contribution >= 0.6 is 7.67 Å². The molecule has 16 heteroatoms. The van der Waals surface area contributed by atoms with Crippen molar-refractivity contribution in [2.75, 3.05) is 33.5 Å². The Morgan fingerprint density at radius 1 is 1.09 bits per heavy atom. The fourth-order valence-corrected chi connectivity index (χ4v) is 4.94. The number of nitrogens with one attached hydrogen (secondary N) is 3. The minimum absolute atomic E-state index is 0.0188. The normalized spacial score (nSPS) is 15.8. The highest BCUT2D eigenvalue weighted by atomic mass is 31.2. The van der Waals surface area contributed by atoms with Gasteiger partial charge < -0.3 is 28.9 Å². The van der Waals surface area contributed by atoms with Crippen molar-refractivity contribution < 1.29 is 43.1 Å². The maximum atomic E-state index is 13.7. The number of carbonyl (C=O) groups is 2. The molecule has 0 fully saturated rings. The summed E-state index contributed by atoms with van der Waals surface area (Å²) in [7, 11) is -3.05. The molecule has 4 unspecified atom stereocenters. The summed E-state index contributed by atoms with van der Waals surface area (Å²) in [6.45, 7) is 17.5. The lowest BCUT2D eigenvalue weighted by Crippen LogP contribution is -2.55. The molecule has 0 aromatic carbocycles. The zero-order valence-corrected chi connectivity index (χ0v) is 28.9. The van der Waals surface area contributed by atoms with Gasteiger partial charge >= 0.3 is 25.3 Å². The van der Waals surface area contributed by atoms with Crippen LogP contribution in [0.2, 0.25) is 0 Å². The predicted molar refractivity (Wildman–Crippen MR) is 167 cm³/mol. The summed E-state index contributed by atoms with van der Waals surface area (Å²) in [5, 5.41) is 26.8. The Morgan fingerprint density at radius 3 is 2.09 bits per heavy atom. The number of hydrogen-bond donors (Lipinski definition) is 5. The molecule has 5 atom stereocenters. The van der Waals surface area contributed by atoms with Crippen LogP contribution in [0.25, 0.3) is 0 Å². The maximum absolute atomic E-state index is 13.7. The van der Waals surface area contributed by atoms with Gasteiger partial charge in [-0.05, 0) is 39.0 Å². The minimum atomic E-state index is -4.22. The quantitative estimate of drug-likeness (QED) is 0.121. The molecule has 1 aromatic heterocycles. The highest BCUT2D eigenvalue weighted by molar-refractivity contribution is 7.54. The summed E-state index contributed by atoms with van der Waals surface area (Å²) in [5.74, 6) is -0.611. The fraction of sp³-hybridized carbons (Fsp3) is 0.786. The van der Waals surface area contributed by atoms with Crippen LogP contribution in [0.15, 0.2) is 21.9 Å². The van der Waals surface area contributed by atoms with Crippen LogP contribution in [0.4, 0.5) is 0 Å². The number of aromatic amines is 1. The van der Waals surface area contributed by atoms with E-state index >= 15 is 0 Å². The summed E-state index contributed by atoms with van der Waals surface area (Å²) < 4.78 is 35.0. The Morgan fingerprint density at radius 2 is 1.64 bits per heavy atom.